The lowest BCUT2D eigenvalue weighted by Gasteiger charge is -2.08. The van der Waals surface area contributed by atoms with E-state index in [-0.39, 0.29) is 5.69 Å². The van der Waals surface area contributed by atoms with Gasteiger partial charge in [0.2, 0.25) is 0 Å². The van der Waals surface area contributed by atoms with Crippen molar-refractivity contribution in [2.24, 2.45) is 0 Å². The van der Waals surface area contributed by atoms with Crippen LogP contribution in [-0.4, -0.2) is 20.6 Å². The third-order valence-corrected chi connectivity index (χ3v) is 2.71. The smallest absolute Gasteiger partial charge is 0.352 e. The second-order valence-corrected chi connectivity index (χ2v) is 3.90. The van der Waals surface area contributed by atoms with Crippen molar-refractivity contribution >= 4 is 5.97 Å². The maximum absolute atomic E-state index is 11.1. The van der Waals surface area contributed by atoms with Crippen LogP contribution in [0.25, 0.3) is 0 Å². The molecule has 0 unspecified atom stereocenters. The molecule has 0 aliphatic heterocycles. The van der Waals surface area contributed by atoms with Crippen LogP contribution in [0.3, 0.4) is 0 Å². The highest BCUT2D eigenvalue weighted by Crippen LogP contribution is 2.14. The predicted octanol–water partition coefficient (Wildman–Crippen LogP) is 1.81. The Bertz CT molecular complexity index is 638. The van der Waals surface area contributed by atoms with Crippen molar-refractivity contribution in [2.75, 3.05) is 0 Å². The van der Waals surface area contributed by atoms with Crippen LogP contribution in [0, 0.1) is 18.3 Å². The van der Waals surface area contributed by atoms with E-state index >= 15 is 0 Å². The van der Waals surface area contributed by atoms with Gasteiger partial charge in [0.15, 0.2) is 0 Å². The molecule has 0 aliphatic carbocycles. The Balaban J connectivity index is 2.41. The van der Waals surface area contributed by atoms with E-state index in [1.165, 1.54) is 0 Å². The number of aromatic carboxylic acids is 1. The molecule has 2 heterocycles. The van der Waals surface area contributed by atoms with Gasteiger partial charge in [-0.2, -0.15) is 5.26 Å². The highest BCUT2D eigenvalue weighted by atomic mass is 16.4. The number of hydrogen-bond donors (Lipinski definition) is 1. The quantitative estimate of drug-likeness (QED) is 0.888. The predicted molar refractivity (Wildman–Crippen MR) is 64.2 cm³/mol. The molecule has 5 nitrogen and oxygen atoms in total. The molecule has 1 N–H and O–H groups in total. The molecule has 2 rings (SSSR count). The summed E-state index contributed by atoms with van der Waals surface area (Å²) in [5.41, 5.74) is 1.96. The average molecular weight is 241 g/mol. The summed E-state index contributed by atoms with van der Waals surface area (Å²) in [5.74, 6) is -0.972. The molecule has 18 heavy (non-hydrogen) atoms. The van der Waals surface area contributed by atoms with Gasteiger partial charge in [0.05, 0.1) is 6.54 Å². The fourth-order valence-corrected chi connectivity index (χ4v) is 1.86. The van der Waals surface area contributed by atoms with Crippen LogP contribution in [0.1, 0.15) is 27.3 Å². The minimum atomic E-state index is -0.972. The van der Waals surface area contributed by atoms with Crippen molar-refractivity contribution in [2.45, 2.75) is 13.5 Å². The Morgan fingerprint density at radius 1 is 1.56 bits per heavy atom. The first-order chi connectivity index (χ1) is 8.63. The van der Waals surface area contributed by atoms with Gasteiger partial charge in [-0.25, -0.2) is 9.78 Å². The molecule has 0 bridgehead atoms. The standard InChI is InChI=1S/C13H11N3O2/c1-9-4-6-16(12(9)13(17)18)8-10-3-2-5-15-11(10)7-14/h2-6H,8H2,1H3,(H,17,18). The molecule has 2 aromatic heterocycles. The molecule has 0 spiro atoms. The SMILES string of the molecule is Cc1ccn(Cc2cccnc2C#N)c1C(=O)O. The molecular weight excluding hydrogens is 230 g/mol. The third-order valence-electron chi connectivity index (χ3n) is 2.71. The molecular formula is C13H11N3O2. The number of carboxylic acid groups (broad SMARTS) is 1. The van der Waals surface area contributed by atoms with Crippen LogP contribution in [0.5, 0.6) is 0 Å². The number of hydrogen-bond acceptors (Lipinski definition) is 3. The molecule has 0 radical (unpaired) electrons. The fourth-order valence-electron chi connectivity index (χ4n) is 1.86. The molecule has 0 atom stereocenters. The average Bonchev–Trinajstić information content (AvgIpc) is 2.71. The van der Waals surface area contributed by atoms with E-state index in [9.17, 15) is 4.79 Å². The molecule has 0 aromatic carbocycles. The zero-order chi connectivity index (χ0) is 13.1. The van der Waals surface area contributed by atoms with Crippen LogP contribution in [-0.2, 0) is 6.54 Å². The van der Waals surface area contributed by atoms with Crippen molar-refractivity contribution in [3.63, 3.8) is 0 Å². The van der Waals surface area contributed by atoms with Crippen LogP contribution < -0.4 is 0 Å². The Hall–Kier alpha value is -2.61. The van der Waals surface area contributed by atoms with Crippen LogP contribution in [0.2, 0.25) is 0 Å². The van der Waals surface area contributed by atoms with Gasteiger partial charge in [0.1, 0.15) is 17.5 Å². The Labute approximate surface area is 104 Å². The van der Waals surface area contributed by atoms with E-state index in [2.05, 4.69) is 4.98 Å². The van der Waals surface area contributed by atoms with Crippen molar-refractivity contribution in [1.82, 2.24) is 9.55 Å². The minimum absolute atomic E-state index is 0.239. The highest BCUT2D eigenvalue weighted by Gasteiger charge is 2.14. The number of aromatic nitrogens is 2. The Kier molecular flexibility index (Phi) is 3.11. The monoisotopic (exact) mass is 241 g/mol. The van der Waals surface area contributed by atoms with Crippen LogP contribution in [0.4, 0.5) is 0 Å². The maximum Gasteiger partial charge on any atom is 0.352 e. The third kappa shape index (κ3) is 2.09. The van der Waals surface area contributed by atoms with Gasteiger partial charge in [-0.3, -0.25) is 0 Å². The number of pyridine rings is 1. The molecule has 0 fully saturated rings. The van der Waals surface area contributed by atoms with Crippen molar-refractivity contribution < 1.29 is 9.90 Å². The van der Waals surface area contributed by atoms with Crippen molar-refractivity contribution in [3.8, 4) is 6.07 Å². The highest BCUT2D eigenvalue weighted by molar-refractivity contribution is 5.87. The molecule has 0 amide bonds. The second kappa shape index (κ2) is 4.72. The largest absolute Gasteiger partial charge is 0.477 e. The van der Waals surface area contributed by atoms with E-state index in [1.807, 2.05) is 6.07 Å². The summed E-state index contributed by atoms with van der Waals surface area (Å²) in [4.78, 5) is 15.1. The van der Waals surface area contributed by atoms with E-state index in [0.717, 1.165) is 0 Å². The number of rotatable bonds is 3. The zero-order valence-corrected chi connectivity index (χ0v) is 9.79. The van der Waals surface area contributed by atoms with Crippen molar-refractivity contribution in [1.29, 1.82) is 5.26 Å². The first-order valence-corrected chi connectivity index (χ1v) is 5.36. The summed E-state index contributed by atoms with van der Waals surface area (Å²) >= 11 is 0. The van der Waals surface area contributed by atoms with Gasteiger partial charge < -0.3 is 9.67 Å². The topological polar surface area (TPSA) is 78.9 Å². The van der Waals surface area contributed by atoms with Gasteiger partial charge in [0, 0.05) is 18.0 Å². The first kappa shape index (κ1) is 11.9. The van der Waals surface area contributed by atoms with Crippen LogP contribution >= 0.6 is 0 Å². The first-order valence-electron chi connectivity index (χ1n) is 5.36. The molecule has 5 heteroatoms. The summed E-state index contributed by atoms with van der Waals surface area (Å²) in [7, 11) is 0. The van der Waals surface area contributed by atoms with E-state index in [4.69, 9.17) is 10.4 Å². The van der Waals surface area contributed by atoms with E-state index in [0.29, 0.717) is 23.4 Å². The van der Waals surface area contributed by atoms with Gasteiger partial charge in [-0.1, -0.05) is 6.07 Å². The van der Waals surface area contributed by atoms with Gasteiger partial charge in [-0.05, 0) is 24.6 Å². The maximum atomic E-state index is 11.1. The summed E-state index contributed by atoms with van der Waals surface area (Å²) in [6, 6.07) is 7.24. The fraction of sp³-hybridized carbons (Fsp3) is 0.154. The van der Waals surface area contributed by atoms with Crippen LogP contribution in [0.15, 0.2) is 30.6 Å². The molecule has 0 saturated heterocycles. The zero-order valence-electron chi connectivity index (χ0n) is 9.79. The van der Waals surface area contributed by atoms with E-state index in [1.54, 1.807) is 42.1 Å². The summed E-state index contributed by atoms with van der Waals surface area (Å²) in [6.07, 6.45) is 3.24. The number of aryl methyl sites for hydroxylation is 1. The summed E-state index contributed by atoms with van der Waals surface area (Å²) < 4.78 is 1.61. The molecule has 90 valence electrons. The minimum Gasteiger partial charge on any atom is -0.477 e. The molecule has 0 aliphatic rings. The summed E-state index contributed by atoms with van der Waals surface area (Å²) in [6.45, 7) is 2.07. The summed E-state index contributed by atoms with van der Waals surface area (Å²) in [5, 5.41) is 18.1. The second-order valence-electron chi connectivity index (χ2n) is 3.90. The van der Waals surface area contributed by atoms with E-state index < -0.39 is 5.97 Å². The lowest BCUT2D eigenvalue weighted by molar-refractivity contribution is 0.0685. The van der Waals surface area contributed by atoms with Gasteiger partial charge in [0.25, 0.3) is 0 Å². The Morgan fingerprint density at radius 2 is 2.33 bits per heavy atom. The Morgan fingerprint density at radius 3 is 3.00 bits per heavy atom. The normalized spacial score (nSPS) is 10.0. The lowest BCUT2D eigenvalue weighted by atomic mass is 10.2. The van der Waals surface area contributed by atoms with Gasteiger partial charge in [-0.15, -0.1) is 0 Å². The number of carboxylic acids is 1. The number of nitrogens with zero attached hydrogens (tertiary/aromatic N) is 3. The molecule has 2 aromatic rings. The van der Waals surface area contributed by atoms with Gasteiger partial charge >= 0.3 is 5.97 Å². The number of carbonyl (C=O) groups is 1. The number of nitriles is 1. The molecule has 0 saturated carbocycles. The van der Waals surface area contributed by atoms with Crippen molar-refractivity contribution in [3.05, 3.63) is 53.1 Å². The lowest BCUT2D eigenvalue weighted by Crippen LogP contribution is -2.11.